The summed E-state index contributed by atoms with van der Waals surface area (Å²) in [6.07, 6.45) is 2.31. The molecule has 17 heavy (non-hydrogen) atoms. The lowest BCUT2D eigenvalue weighted by Crippen LogP contribution is -2.26. The third kappa shape index (κ3) is 6.07. The quantitative estimate of drug-likeness (QED) is 0.707. The first-order chi connectivity index (χ1) is 8.22. The van der Waals surface area contributed by atoms with E-state index in [1.165, 1.54) is 0 Å². The number of carbonyl (C=O) groups is 1. The summed E-state index contributed by atoms with van der Waals surface area (Å²) >= 11 is 0. The number of rotatable bonds is 7. The molecule has 0 aliphatic heterocycles. The SMILES string of the molecule is CC(CO)CCCNC(=O)Cc1ccccc1. The van der Waals surface area contributed by atoms with Gasteiger partial charge in [-0.3, -0.25) is 4.79 Å². The first-order valence-electron chi connectivity index (χ1n) is 6.14. The van der Waals surface area contributed by atoms with Gasteiger partial charge >= 0.3 is 0 Å². The van der Waals surface area contributed by atoms with Crippen LogP contribution in [-0.2, 0) is 11.2 Å². The summed E-state index contributed by atoms with van der Waals surface area (Å²) < 4.78 is 0. The van der Waals surface area contributed by atoms with E-state index in [0.717, 1.165) is 18.4 Å². The van der Waals surface area contributed by atoms with E-state index in [1.807, 2.05) is 37.3 Å². The van der Waals surface area contributed by atoms with Gasteiger partial charge in [-0.05, 0) is 24.3 Å². The van der Waals surface area contributed by atoms with Crippen LogP contribution in [0.25, 0.3) is 0 Å². The first-order valence-corrected chi connectivity index (χ1v) is 6.14. The van der Waals surface area contributed by atoms with E-state index >= 15 is 0 Å². The highest BCUT2D eigenvalue weighted by Crippen LogP contribution is 2.03. The average Bonchev–Trinajstić information content (AvgIpc) is 2.35. The summed E-state index contributed by atoms with van der Waals surface area (Å²) in [5.41, 5.74) is 1.04. The van der Waals surface area contributed by atoms with Crippen LogP contribution in [0, 0.1) is 5.92 Å². The van der Waals surface area contributed by atoms with Crippen LogP contribution in [0.15, 0.2) is 30.3 Å². The molecule has 1 aromatic rings. The van der Waals surface area contributed by atoms with Gasteiger partial charge in [0.15, 0.2) is 0 Å². The van der Waals surface area contributed by atoms with E-state index in [1.54, 1.807) is 0 Å². The number of aliphatic hydroxyl groups is 1. The molecule has 0 radical (unpaired) electrons. The average molecular weight is 235 g/mol. The minimum Gasteiger partial charge on any atom is -0.396 e. The monoisotopic (exact) mass is 235 g/mol. The van der Waals surface area contributed by atoms with Crippen molar-refractivity contribution in [2.75, 3.05) is 13.2 Å². The number of hydrogen-bond donors (Lipinski definition) is 2. The Morgan fingerprint density at radius 1 is 1.35 bits per heavy atom. The molecule has 1 rings (SSSR count). The fourth-order valence-corrected chi connectivity index (χ4v) is 1.61. The van der Waals surface area contributed by atoms with Crippen molar-refractivity contribution in [1.29, 1.82) is 0 Å². The molecule has 0 aromatic heterocycles. The lowest BCUT2D eigenvalue weighted by Gasteiger charge is -2.08. The van der Waals surface area contributed by atoms with E-state index in [-0.39, 0.29) is 12.5 Å². The minimum absolute atomic E-state index is 0.0628. The summed E-state index contributed by atoms with van der Waals surface area (Å²) in [7, 11) is 0. The van der Waals surface area contributed by atoms with Crippen molar-refractivity contribution in [2.45, 2.75) is 26.2 Å². The van der Waals surface area contributed by atoms with Crippen molar-refractivity contribution >= 4 is 5.91 Å². The van der Waals surface area contributed by atoms with E-state index in [9.17, 15) is 4.79 Å². The Balaban J connectivity index is 2.14. The second-order valence-corrected chi connectivity index (χ2v) is 4.44. The maximum absolute atomic E-state index is 11.6. The van der Waals surface area contributed by atoms with Crippen molar-refractivity contribution in [2.24, 2.45) is 5.92 Å². The lowest BCUT2D eigenvalue weighted by atomic mass is 10.1. The molecular weight excluding hydrogens is 214 g/mol. The Bertz CT molecular complexity index is 324. The summed E-state index contributed by atoms with van der Waals surface area (Å²) in [6.45, 7) is 2.92. The van der Waals surface area contributed by atoms with Gasteiger partial charge in [0.2, 0.25) is 5.91 Å². The summed E-state index contributed by atoms with van der Waals surface area (Å²) in [5, 5.41) is 11.7. The van der Waals surface area contributed by atoms with Gasteiger partial charge in [-0.15, -0.1) is 0 Å². The molecule has 0 fully saturated rings. The zero-order chi connectivity index (χ0) is 12.5. The molecular formula is C14H21NO2. The van der Waals surface area contributed by atoms with Crippen LogP contribution < -0.4 is 5.32 Å². The molecule has 2 N–H and O–H groups in total. The van der Waals surface area contributed by atoms with Crippen molar-refractivity contribution in [3.63, 3.8) is 0 Å². The molecule has 1 amide bonds. The third-order valence-corrected chi connectivity index (χ3v) is 2.72. The largest absolute Gasteiger partial charge is 0.396 e. The predicted octanol–water partition coefficient (Wildman–Crippen LogP) is 1.75. The van der Waals surface area contributed by atoms with Crippen molar-refractivity contribution in [3.8, 4) is 0 Å². The number of benzene rings is 1. The first kappa shape index (κ1) is 13.7. The Morgan fingerprint density at radius 2 is 2.06 bits per heavy atom. The maximum atomic E-state index is 11.6. The Hall–Kier alpha value is -1.35. The number of nitrogens with one attached hydrogen (secondary N) is 1. The van der Waals surface area contributed by atoms with Crippen LogP contribution in [0.5, 0.6) is 0 Å². The highest BCUT2D eigenvalue weighted by Gasteiger charge is 2.03. The van der Waals surface area contributed by atoms with Gasteiger partial charge in [0, 0.05) is 13.2 Å². The van der Waals surface area contributed by atoms with Crippen LogP contribution in [0.4, 0.5) is 0 Å². The number of amides is 1. The van der Waals surface area contributed by atoms with Gasteiger partial charge < -0.3 is 10.4 Å². The molecule has 0 spiro atoms. The van der Waals surface area contributed by atoms with Crippen LogP contribution in [0.1, 0.15) is 25.3 Å². The molecule has 1 aromatic carbocycles. The molecule has 1 atom stereocenters. The van der Waals surface area contributed by atoms with Crippen LogP contribution in [0.3, 0.4) is 0 Å². The van der Waals surface area contributed by atoms with Gasteiger partial charge in [0.05, 0.1) is 6.42 Å². The number of hydrogen-bond acceptors (Lipinski definition) is 2. The Labute approximate surface area is 103 Å². The van der Waals surface area contributed by atoms with Crippen molar-refractivity contribution in [1.82, 2.24) is 5.32 Å². The second-order valence-electron chi connectivity index (χ2n) is 4.44. The van der Waals surface area contributed by atoms with Crippen LogP contribution >= 0.6 is 0 Å². The number of carbonyl (C=O) groups excluding carboxylic acids is 1. The molecule has 1 unspecified atom stereocenters. The fourth-order valence-electron chi connectivity index (χ4n) is 1.61. The van der Waals surface area contributed by atoms with Gasteiger partial charge in [-0.1, -0.05) is 37.3 Å². The van der Waals surface area contributed by atoms with Gasteiger partial charge in [0.25, 0.3) is 0 Å². The van der Waals surface area contributed by atoms with E-state index in [0.29, 0.717) is 18.9 Å². The molecule has 3 heteroatoms. The van der Waals surface area contributed by atoms with Crippen molar-refractivity contribution < 1.29 is 9.90 Å². The number of aliphatic hydroxyl groups excluding tert-OH is 1. The zero-order valence-electron chi connectivity index (χ0n) is 10.4. The summed E-state index contributed by atoms with van der Waals surface area (Å²) in [4.78, 5) is 11.6. The zero-order valence-corrected chi connectivity index (χ0v) is 10.4. The normalized spacial score (nSPS) is 12.1. The van der Waals surface area contributed by atoms with Crippen LogP contribution in [-0.4, -0.2) is 24.2 Å². The third-order valence-electron chi connectivity index (χ3n) is 2.72. The topological polar surface area (TPSA) is 49.3 Å². The molecule has 94 valence electrons. The summed E-state index contributed by atoms with van der Waals surface area (Å²) in [6, 6.07) is 9.72. The molecule has 0 aliphatic carbocycles. The lowest BCUT2D eigenvalue weighted by molar-refractivity contribution is -0.120. The highest BCUT2D eigenvalue weighted by molar-refractivity contribution is 5.78. The molecule has 0 saturated carbocycles. The standard InChI is InChI=1S/C14H21NO2/c1-12(11-16)6-5-9-15-14(17)10-13-7-3-2-4-8-13/h2-4,7-8,12,16H,5-6,9-11H2,1H3,(H,15,17). The molecule has 0 heterocycles. The second kappa shape index (κ2) is 7.85. The Morgan fingerprint density at radius 3 is 2.71 bits per heavy atom. The van der Waals surface area contributed by atoms with E-state index in [2.05, 4.69) is 5.32 Å². The molecule has 0 saturated heterocycles. The summed E-state index contributed by atoms with van der Waals surface area (Å²) in [5.74, 6) is 0.383. The smallest absolute Gasteiger partial charge is 0.224 e. The van der Waals surface area contributed by atoms with Gasteiger partial charge in [-0.2, -0.15) is 0 Å². The predicted molar refractivity (Wildman–Crippen MR) is 68.6 cm³/mol. The fraction of sp³-hybridized carbons (Fsp3) is 0.500. The van der Waals surface area contributed by atoms with E-state index in [4.69, 9.17) is 5.11 Å². The highest BCUT2D eigenvalue weighted by atomic mass is 16.3. The minimum atomic E-state index is 0.0628. The van der Waals surface area contributed by atoms with Crippen LogP contribution in [0.2, 0.25) is 0 Å². The molecule has 0 bridgehead atoms. The van der Waals surface area contributed by atoms with Gasteiger partial charge in [0.1, 0.15) is 0 Å². The van der Waals surface area contributed by atoms with Crippen molar-refractivity contribution in [3.05, 3.63) is 35.9 Å². The Kier molecular flexibility index (Phi) is 6.33. The van der Waals surface area contributed by atoms with Gasteiger partial charge in [-0.25, -0.2) is 0 Å². The molecule has 3 nitrogen and oxygen atoms in total. The van der Waals surface area contributed by atoms with E-state index < -0.39 is 0 Å². The maximum Gasteiger partial charge on any atom is 0.224 e. The molecule has 0 aliphatic rings.